The van der Waals surface area contributed by atoms with Crippen molar-refractivity contribution in [2.45, 2.75) is 6.18 Å². The number of thiophene rings is 1. The minimum absolute atomic E-state index is 0.176. The summed E-state index contributed by atoms with van der Waals surface area (Å²) < 4.78 is 38.6. The van der Waals surface area contributed by atoms with Gasteiger partial charge in [0, 0.05) is 21.7 Å². The molecule has 2 aromatic heterocycles. The van der Waals surface area contributed by atoms with Crippen molar-refractivity contribution in [3.63, 3.8) is 0 Å². The van der Waals surface area contributed by atoms with Gasteiger partial charge in [-0.3, -0.25) is 0 Å². The van der Waals surface area contributed by atoms with E-state index in [9.17, 15) is 18.3 Å². The maximum absolute atomic E-state index is 12.7. The molecule has 1 N–H and O–H groups in total. The molecular weight excluding hydrogens is 321 g/mol. The highest BCUT2D eigenvalue weighted by molar-refractivity contribution is 7.21. The zero-order valence-electron chi connectivity index (χ0n) is 10.3. The molecule has 0 aliphatic rings. The first-order valence-electron chi connectivity index (χ1n) is 5.71. The van der Waals surface area contributed by atoms with Crippen LogP contribution in [0.4, 0.5) is 18.3 Å². The Bertz CT molecular complexity index is 807. The molecule has 0 radical (unpaired) electrons. The monoisotopic (exact) mass is 328 g/mol. The van der Waals surface area contributed by atoms with Gasteiger partial charge in [0.15, 0.2) is 0 Å². The van der Waals surface area contributed by atoms with Crippen LogP contribution < -0.4 is 0 Å². The molecule has 2 heterocycles. The third-order valence-corrected chi connectivity index (χ3v) is 4.50. The Kier molecular flexibility index (Phi) is 3.42. The predicted molar refractivity (Wildman–Crippen MR) is 77.9 cm³/mol. The molecule has 0 saturated heterocycles. The van der Waals surface area contributed by atoms with Crippen LogP contribution in [0.1, 0.15) is 10.4 Å². The van der Waals surface area contributed by atoms with Gasteiger partial charge in [-0.2, -0.15) is 13.2 Å². The number of hydrogen-bond acceptors (Lipinski definition) is 5. The normalized spacial score (nSPS) is 12.5. The van der Waals surface area contributed by atoms with Gasteiger partial charge in [-0.1, -0.05) is 0 Å². The molecular formula is C13H7F3N2OS2. The van der Waals surface area contributed by atoms with Crippen molar-refractivity contribution < 1.29 is 18.3 Å². The van der Waals surface area contributed by atoms with Crippen LogP contribution in [0.15, 0.2) is 34.8 Å². The smallest absolute Gasteiger partial charge is 0.416 e. The molecule has 3 aromatic rings. The van der Waals surface area contributed by atoms with E-state index in [2.05, 4.69) is 9.98 Å². The van der Waals surface area contributed by atoms with Gasteiger partial charge in [-0.05, 0) is 18.2 Å². The van der Waals surface area contributed by atoms with E-state index in [1.807, 2.05) is 0 Å². The van der Waals surface area contributed by atoms with Crippen molar-refractivity contribution in [1.82, 2.24) is 4.98 Å². The van der Waals surface area contributed by atoms with Crippen LogP contribution in [0, 0.1) is 0 Å². The molecule has 0 aliphatic carbocycles. The highest BCUT2D eigenvalue weighted by atomic mass is 32.1. The molecule has 3 rings (SSSR count). The minimum Gasteiger partial charge on any atom is -0.506 e. The fraction of sp³-hybridized carbons (Fsp3) is 0.0769. The first-order valence-corrected chi connectivity index (χ1v) is 7.41. The van der Waals surface area contributed by atoms with Gasteiger partial charge in [-0.25, -0.2) is 9.98 Å². The Hall–Kier alpha value is -1.93. The second kappa shape index (κ2) is 5.12. The first kappa shape index (κ1) is 14.0. The maximum atomic E-state index is 12.7. The third kappa shape index (κ3) is 2.77. The SMILES string of the molecule is Oc1c(/C=N/c2nccs2)sc2ccc(C(F)(F)F)cc12. The maximum Gasteiger partial charge on any atom is 0.416 e. The fourth-order valence-corrected chi connectivity index (χ4v) is 3.19. The quantitative estimate of drug-likeness (QED) is 0.685. The number of halogens is 3. The Morgan fingerprint density at radius 3 is 2.76 bits per heavy atom. The number of aliphatic imine (C=N–C) groups is 1. The van der Waals surface area contributed by atoms with E-state index in [1.54, 1.807) is 11.6 Å². The largest absolute Gasteiger partial charge is 0.506 e. The topological polar surface area (TPSA) is 45.5 Å². The lowest BCUT2D eigenvalue weighted by Gasteiger charge is -2.05. The van der Waals surface area contributed by atoms with Crippen molar-refractivity contribution in [3.05, 3.63) is 40.2 Å². The highest BCUT2D eigenvalue weighted by Gasteiger charge is 2.31. The lowest BCUT2D eigenvalue weighted by atomic mass is 10.1. The number of alkyl halides is 3. The molecule has 0 aliphatic heterocycles. The zero-order valence-corrected chi connectivity index (χ0v) is 11.9. The van der Waals surface area contributed by atoms with Crippen molar-refractivity contribution in [3.8, 4) is 5.75 Å². The number of fused-ring (bicyclic) bond motifs is 1. The van der Waals surface area contributed by atoms with Gasteiger partial charge in [0.1, 0.15) is 5.75 Å². The number of thiazole rings is 1. The lowest BCUT2D eigenvalue weighted by molar-refractivity contribution is -0.137. The number of nitrogens with zero attached hydrogens (tertiary/aromatic N) is 2. The van der Waals surface area contributed by atoms with E-state index in [0.29, 0.717) is 14.7 Å². The summed E-state index contributed by atoms with van der Waals surface area (Å²) >= 11 is 2.50. The Morgan fingerprint density at radius 2 is 2.10 bits per heavy atom. The lowest BCUT2D eigenvalue weighted by Crippen LogP contribution is -2.03. The first-order chi connectivity index (χ1) is 9.95. The zero-order chi connectivity index (χ0) is 15.0. The van der Waals surface area contributed by atoms with E-state index < -0.39 is 11.7 Å². The van der Waals surface area contributed by atoms with Crippen LogP contribution in [-0.4, -0.2) is 16.3 Å². The number of hydrogen-bond donors (Lipinski definition) is 1. The number of aromatic hydroxyl groups is 1. The number of benzene rings is 1. The Labute approximate surface area is 125 Å². The van der Waals surface area contributed by atoms with Crippen LogP contribution in [0.25, 0.3) is 10.1 Å². The Balaban J connectivity index is 2.04. The molecule has 0 amide bonds. The molecule has 0 atom stereocenters. The molecule has 0 bridgehead atoms. The fourth-order valence-electron chi connectivity index (χ4n) is 1.76. The average molecular weight is 328 g/mol. The van der Waals surface area contributed by atoms with Crippen LogP contribution in [0.2, 0.25) is 0 Å². The van der Waals surface area contributed by atoms with Crippen LogP contribution in [-0.2, 0) is 6.18 Å². The molecule has 3 nitrogen and oxygen atoms in total. The molecule has 0 spiro atoms. The average Bonchev–Trinajstić information content (AvgIpc) is 3.04. The van der Waals surface area contributed by atoms with E-state index in [1.165, 1.54) is 35.0 Å². The molecule has 1 aromatic carbocycles. The van der Waals surface area contributed by atoms with Crippen molar-refractivity contribution in [2.75, 3.05) is 0 Å². The van der Waals surface area contributed by atoms with Gasteiger partial charge in [0.2, 0.25) is 5.13 Å². The van der Waals surface area contributed by atoms with Crippen molar-refractivity contribution in [1.29, 1.82) is 0 Å². The molecule has 0 saturated carbocycles. The van der Waals surface area contributed by atoms with E-state index in [0.717, 1.165) is 12.1 Å². The Morgan fingerprint density at radius 1 is 1.29 bits per heavy atom. The summed E-state index contributed by atoms with van der Waals surface area (Å²) in [5.41, 5.74) is -0.786. The van der Waals surface area contributed by atoms with Crippen LogP contribution in [0.3, 0.4) is 0 Å². The molecule has 0 fully saturated rings. The minimum atomic E-state index is -4.43. The second-order valence-electron chi connectivity index (χ2n) is 4.10. The summed E-state index contributed by atoms with van der Waals surface area (Å²) in [7, 11) is 0. The van der Waals surface area contributed by atoms with Gasteiger partial charge >= 0.3 is 6.18 Å². The summed E-state index contributed by atoms with van der Waals surface area (Å²) in [6.07, 6.45) is -1.43. The van der Waals surface area contributed by atoms with Crippen molar-refractivity contribution in [2.24, 2.45) is 4.99 Å². The summed E-state index contributed by atoms with van der Waals surface area (Å²) in [4.78, 5) is 8.43. The summed E-state index contributed by atoms with van der Waals surface area (Å²) in [5.74, 6) is -0.193. The predicted octanol–water partition coefficient (Wildman–Crippen LogP) is 4.83. The number of rotatable bonds is 2. The van der Waals surface area contributed by atoms with Gasteiger partial charge in [-0.15, -0.1) is 22.7 Å². The highest BCUT2D eigenvalue weighted by Crippen LogP contribution is 2.39. The molecule has 8 heteroatoms. The third-order valence-electron chi connectivity index (χ3n) is 2.73. The summed E-state index contributed by atoms with van der Waals surface area (Å²) in [6, 6.07) is 3.30. The van der Waals surface area contributed by atoms with E-state index in [4.69, 9.17) is 0 Å². The second-order valence-corrected chi connectivity index (χ2v) is 6.05. The van der Waals surface area contributed by atoms with Gasteiger partial charge < -0.3 is 5.11 Å². The van der Waals surface area contributed by atoms with Crippen LogP contribution in [0.5, 0.6) is 5.75 Å². The summed E-state index contributed by atoms with van der Waals surface area (Å²) in [6.45, 7) is 0. The van der Waals surface area contributed by atoms with E-state index >= 15 is 0 Å². The van der Waals surface area contributed by atoms with Crippen molar-refractivity contribution >= 4 is 44.1 Å². The van der Waals surface area contributed by atoms with Crippen LogP contribution >= 0.6 is 22.7 Å². The number of aromatic nitrogens is 1. The van der Waals surface area contributed by atoms with Gasteiger partial charge in [0.05, 0.1) is 16.7 Å². The molecule has 108 valence electrons. The van der Waals surface area contributed by atoms with Gasteiger partial charge in [0.25, 0.3) is 0 Å². The molecule has 0 unspecified atom stereocenters. The standard InChI is InChI=1S/C13H7F3N2OS2/c14-13(15,16)7-1-2-9-8(5-7)11(19)10(21-9)6-18-12-17-3-4-20-12/h1-6,19H/b18-6+. The summed E-state index contributed by atoms with van der Waals surface area (Å²) in [5, 5.41) is 12.5. The molecule has 21 heavy (non-hydrogen) atoms. The van der Waals surface area contributed by atoms with E-state index in [-0.39, 0.29) is 11.1 Å².